The second-order valence-corrected chi connectivity index (χ2v) is 5.49. The number of nitrogen functional groups attached to an aromatic ring is 1. The molecule has 0 aliphatic rings. The number of rotatable bonds is 3. The summed E-state index contributed by atoms with van der Waals surface area (Å²) in [6, 6.07) is 10.4. The van der Waals surface area contributed by atoms with Crippen LogP contribution in [0.2, 0.25) is 0 Å². The van der Waals surface area contributed by atoms with Crippen molar-refractivity contribution in [1.29, 1.82) is 0 Å². The monoisotopic (exact) mass is 299 g/mol. The van der Waals surface area contributed by atoms with Crippen molar-refractivity contribution in [1.82, 2.24) is 9.55 Å². The predicted octanol–water partition coefficient (Wildman–Crippen LogP) is 4.01. The van der Waals surface area contributed by atoms with Crippen LogP contribution in [0.15, 0.2) is 36.4 Å². The highest BCUT2D eigenvalue weighted by atomic mass is 19.1. The van der Waals surface area contributed by atoms with Crippen molar-refractivity contribution >= 4 is 16.7 Å². The van der Waals surface area contributed by atoms with Crippen molar-refractivity contribution in [2.45, 2.75) is 19.9 Å². The molecule has 1 heterocycles. The van der Waals surface area contributed by atoms with Crippen molar-refractivity contribution in [3.05, 3.63) is 42.2 Å². The summed E-state index contributed by atoms with van der Waals surface area (Å²) in [5, 5.41) is 0. The second kappa shape index (κ2) is 5.33. The Morgan fingerprint density at radius 1 is 1.18 bits per heavy atom. The van der Waals surface area contributed by atoms with Gasteiger partial charge in [0.05, 0.1) is 23.8 Å². The maximum atomic E-state index is 13.5. The van der Waals surface area contributed by atoms with Gasteiger partial charge in [-0.25, -0.2) is 9.37 Å². The van der Waals surface area contributed by atoms with Crippen LogP contribution < -0.4 is 10.5 Å². The Bertz CT molecular complexity index is 839. The first-order valence-electron chi connectivity index (χ1n) is 7.12. The molecule has 114 valence electrons. The summed E-state index contributed by atoms with van der Waals surface area (Å²) in [4.78, 5) is 4.60. The fourth-order valence-corrected chi connectivity index (χ4v) is 2.65. The molecule has 0 radical (unpaired) electrons. The molecule has 0 fully saturated rings. The first-order valence-corrected chi connectivity index (χ1v) is 7.12. The van der Waals surface area contributed by atoms with Gasteiger partial charge in [0.1, 0.15) is 17.4 Å². The Labute approximate surface area is 128 Å². The number of nitrogens with two attached hydrogens (primary N) is 1. The number of ether oxygens (including phenoxy) is 1. The molecule has 0 amide bonds. The average Bonchev–Trinajstić information content (AvgIpc) is 2.86. The van der Waals surface area contributed by atoms with E-state index in [1.54, 1.807) is 19.2 Å². The number of hydrogen-bond donors (Lipinski definition) is 1. The number of aromatic nitrogens is 2. The van der Waals surface area contributed by atoms with Gasteiger partial charge in [-0.2, -0.15) is 0 Å². The number of nitrogens with zero attached hydrogens (tertiary/aromatic N) is 2. The van der Waals surface area contributed by atoms with Crippen LogP contribution in [0.4, 0.5) is 10.1 Å². The minimum Gasteiger partial charge on any atom is -0.495 e. The Morgan fingerprint density at radius 2 is 1.95 bits per heavy atom. The maximum Gasteiger partial charge on any atom is 0.142 e. The van der Waals surface area contributed by atoms with E-state index in [2.05, 4.69) is 23.4 Å². The summed E-state index contributed by atoms with van der Waals surface area (Å²) in [6.45, 7) is 4.14. The molecule has 0 atom stereocenters. The Morgan fingerprint density at radius 3 is 2.64 bits per heavy atom. The summed E-state index contributed by atoms with van der Waals surface area (Å²) < 4.78 is 20.8. The van der Waals surface area contributed by atoms with E-state index >= 15 is 0 Å². The third kappa shape index (κ3) is 2.28. The molecule has 4 nitrogen and oxygen atoms in total. The van der Waals surface area contributed by atoms with E-state index in [0.29, 0.717) is 17.0 Å². The van der Waals surface area contributed by atoms with Gasteiger partial charge >= 0.3 is 0 Å². The molecule has 0 aliphatic heterocycles. The Kier molecular flexibility index (Phi) is 3.48. The number of benzene rings is 2. The molecule has 0 saturated carbocycles. The van der Waals surface area contributed by atoms with Gasteiger partial charge in [-0.3, -0.25) is 0 Å². The molecule has 5 heteroatoms. The third-order valence-corrected chi connectivity index (χ3v) is 3.66. The van der Waals surface area contributed by atoms with Crippen molar-refractivity contribution < 1.29 is 9.13 Å². The highest BCUT2D eigenvalue weighted by Gasteiger charge is 2.16. The van der Waals surface area contributed by atoms with Gasteiger partial charge < -0.3 is 15.0 Å². The van der Waals surface area contributed by atoms with E-state index in [0.717, 1.165) is 16.9 Å². The van der Waals surface area contributed by atoms with Gasteiger partial charge in [-0.1, -0.05) is 0 Å². The summed E-state index contributed by atoms with van der Waals surface area (Å²) in [6.07, 6.45) is 0. The molecule has 2 N–H and O–H groups in total. The lowest BCUT2D eigenvalue weighted by molar-refractivity contribution is 0.417. The number of hydrogen-bond acceptors (Lipinski definition) is 3. The van der Waals surface area contributed by atoms with Crippen LogP contribution in [0.3, 0.4) is 0 Å². The van der Waals surface area contributed by atoms with Crippen LogP contribution in [-0.2, 0) is 0 Å². The van der Waals surface area contributed by atoms with Crippen LogP contribution >= 0.6 is 0 Å². The van der Waals surface area contributed by atoms with E-state index in [4.69, 9.17) is 10.5 Å². The first kappa shape index (κ1) is 14.4. The van der Waals surface area contributed by atoms with Crippen LogP contribution in [0.1, 0.15) is 19.9 Å². The van der Waals surface area contributed by atoms with E-state index < -0.39 is 0 Å². The standard InChI is InChI=1S/C17H18FN3O/c1-10(2)21-15-7-5-12(18)9-14(15)20-17(21)11-4-6-13(19)16(8-11)22-3/h4-10H,19H2,1-3H3. The minimum atomic E-state index is -0.289. The summed E-state index contributed by atoms with van der Waals surface area (Å²) in [5.41, 5.74) is 8.87. The Hall–Kier alpha value is -2.56. The van der Waals surface area contributed by atoms with Crippen molar-refractivity contribution in [2.75, 3.05) is 12.8 Å². The van der Waals surface area contributed by atoms with Crippen molar-refractivity contribution in [3.63, 3.8) is 0 Å². The zero-order valence-electron chi connectivity index (χ0n) is 12.8. The molecule has 1 aromatic heterocycles. The number of fused-ring (bicyclic) bond motifs is 1. The predicted molar refractivity (Wildman–Crippen MR) is 86.5 cm³/mol. The highest BCUT2D eigenvalue weighted by molar-refractivity contribution is 5.81. The summed E-state index contributed by atoms with van der Waals surface area (Å²) in [7, 11) is 1.58. The summed E-state index contributed by atoms with van der Waals surface area (Å²) in [5.74, 6) is 1.09. The topological polar surface area (TPSA) is 53.1 Å². The largest absolute Gasteiger partial charge is 0.495 e. The van der Waals surface area contributed by atoms with E-state index in [9.17, 15) is 4.39 Å². The van der Waals surface area contributed by atoms with Gasteiger partial charge in [-0.15, -0.1) is 0 Å². The molecule has 0 bridgehead atoms. The number of imidazole rings is 1. The minimum absolute atomic E-state index is 0.189. The molecule has 22 heavy (non-hydrogen) atoms. The quantitative estimate of drug-likeness (QED) is 0.743. The SMILES string of the molecule is COc1cc(-c2nc3cc(F)ccc3n2C(C)C)ccc1N. The molecule has 2 aromatic carbocycles. The van der Waals surface area contributed by atoms with Crippen LogP contribution in [0, 0.1) is 5.82 Å². The van der Waals surface area contributed by atoms with E-state index in [1.807, 2.05) is 12.1 Å². The fourth-order valence-electron chi connectivity index (χ4n) is 2.65. The number of anilines is 1. The normalized spacial score (nSPS) is 11.3. The molecule has 0 saturated heterocycles. The first-order chi connectivity index (χ1) is 10.5. The van der Waals surface area contributed by atoms with E-state index in [-0.39, 0.29) is 11.9 Å². The van der Waals surface area contributed by atoms with Gasteiger partial charge in [-0.05, 0) is 44.2 Å². The van der Waals surface area contributed by atoms with Gasteiger partial charge in [0.15, 0.2) is 0 Å². The second-order valence-electron chi connectivity index (χ2n) is 5.49. The average molecular weight is 299 g/mol. The van der Waals surface area contributed by atoms with Crippen LogP contribution in [0.5, 0.6) is 5.75 Å². The van der Waals surface area contributed by atoms with Crippen LogP contribution in [0.25, 0.3) is 22.4 Å². The molecule has 3 aromatic rings. The third-order valence-electron chi connectivity index (χ3n) is 3.66. The zero-order chi connectivity index (χ0) is 15.9. The molecule has 0 aliphatic carbocycles. The molecule has 3 rings (SSSR count). The number of methoxy groups -OCH3 is 1. The smallest absolute Gasteiger partial charge is 0.142 e. The van der Waals surface area contributed by atoms with Crippen LogP contribution in [-0.4, -0.2) is 16.7 Å². The lowest BCUT2D eigenvalue weighted by Gasteiger charge is -2.14. The van der Waals surface area contributed by atoms with Gasteiger partial charge in [0.2, 0.25) is 0 Å². The molecule has 0 unspecified atom stereocenters. The van der Waals surface area contributed by atoms with Crippen molar-refractivity contribution in [2.24, 2.45) is 0 Å². The Balaban J connectivity index is 2.28. The lowest BCUT2D eigenvalue weighted by Crippen LogP contribution is -2.03. The highest BCUT2D eigenvalue weighted by Crippen LogP contribution is 2.32. The van der Waals surface area contributed by atoms with Crippen molar-refractivity contribution in [3.8, 4) is 17.1 Å². The van der Waals surface area contributed by atoms with Gasteiger partial charge in [0.25, 0.3) is 0 Å². The lowest BCUT2D eigenvalue weighted by atomic mass is 10.1. The summed E-state index contributed by atoms with van der Waals surface area (Å²) >= 11 is 0. The fraction of sp³-hybridized carbons (Fsp3) is 0.235. The molecule has 0 spiro atoms. The molecular weight excluding hydrogens is 281 g/mol. The van der Waals surface area contributed by atoms with Gasteiger partial charge in [0, 0.05) is 17.7 Å². The maximum absolute atomic E-state index is 13.5. The zero-order valence-corrected chi connectivity index (χ0v) is 12.8. The molecular formula is C17H18FN3O. The number of halogens is 1. The van der Waals surface area contributed by atoms with E-state index in [1.165, 1.54) is 12.1 Å².